The van der Waals surface area contributed by atoms with E-state index in [1.54, 1.807) is 0 Å². The van der Waals surface area contributed by atoms with Gasteiger partial charge in [0, 0.05) is 39.3 Å². The van der Waals surface area contributed by atoms with Crippen molar-refractivity contribution in [1.29, 1.82) is 0 Å². The largest absolute Gasteiger partial charge is 0.492 e. The van der Waals surface area contributed by atoms with Crippen LogP contribution in [-0.2, 0) is 4.79 Å². The number of carbonyl (C=O) groups is 1. The van der Waals surface area contributed by atoms with Crippen LogP contribution in [0.25, 0.3) is 0 Å². The first-order chi connectivity index (χ1) is 10.3. The zero-order valence-corrected chi connectivity index (χ0v) is 13.8. The number of para-hydroxylation sites is 2. The van der Waals surface area contributed by atoms with Crippen LogP contribution in [0.4, 0.5) is 5.69 Å². The van der Waals surface area contributed by atoms with Crippen molar-refractivity contribution in [3.05, 3.63) is 24.3 Å². The van der Waals surface area contributed by atoms with Crippen LogP contribution >= 0.6 is 12.4 Å². The number of hydrogen-bond acceptors (Lipinski definition) is 4. The van der Waals surface area contributed by atoms with Gasteiger partial charge in [0.05, 0.1) is 18.2 Å². The van der Waals surface area contributed by atoms with Gasteiger partial charge in [0.25, 0.3) is 0 Å². The predicted molar refractivity (Wildman–Crippen MR) is 90.0 cm³/mol. The summed E-state index contributed by atoms with van der Waals surface area (Å²) in [4.78, 5) is 16.6. The smallest absolute Gasteiger partial charge is 0.228 e. The first kappa shape index (κ1) is 16.9. The molecule has 1 aromatic carbocycles. The highest BCUT2D eigenvalue weighted by molar-refractivity contribution is 5.85. The van der Waals surface area contributed by atoms with E-state index in [4.69, 9.17) is 4.74 Å². The minimum atomic E-state index is 0. The number of halogens is 1. The lowest BCUT2D eigenvalue weighted by atomic mass is 10.0. The molecule has 0 aromatic heterocycles. The number of piperazine rings is 1. The Bertz CT molecular complexity index is 500. The molecule has 1 N–H and O–H groups in total. The van der Waals surface area contributed by atoms with Crippen LogP contribution in [0.2, 0.25) is 0 Å². The summed E-state index contributed by atoms with van der Waals surface area (Å²) < 4.78 is 5.70. The van der Waals surface area contributed by atoms with E-state index in [1.165, 1.54) is 0 Å². The Labute approximate surface area is 138 Å². The van der Waals surface area contributed by atoms with E-state index in [9.17, 15) is 4.79 Å². The van der Waals surface area contributed by atoms with E-state index >= 15 is 0 Å². The molecule has 0 bridgehead atoms. The van der Waals surface area contributed by atoms with E-state index in [-0.39, 0.29) is 18.3 Å². The SMILES string of the molecule is CCOc1ccccc1N1CCN(C(=O)C2CNC2)CC1.Cl. The predicted octanol–water partition coefficient (Wildman–Crippen LogP) is 1.38. The number of rotatable bonds is 4. The lowest BCUT2D eigenvalue weighted by Crippen LogP contribution is -2.56. The van der Waals surface area contributed by atoms with Crippen molar-refractivity contribution in [3.63, 3.8) is 0 Å². The molecule has 3 rings (SSSR count). The monoisotopic (exact) mass is 325 g/mol. The number of hydrogen-bond donors (Lipinski definition) is 1. The zero-order valence-electron chi connectivity index (χ0n) is 13.0. The molecule has 6 heteroatoms. The van der Waals surface area contributed by atoms with Gasteiger partial charge in [-0.15, -0.1) is 12.4 Å². The van der Waals surface area contributed by atoms with E-state index in [0.29, 0.717) is 12.5 Å². The molecule has 1 amide bonds. The molecule has 2 aliphatic rings. The minimum Gasteiger partial charge on any atom is -0.492 e. The maximum absolute atomic E-state index is 12.2. The molecule has 5 nitrogen and oxygen atoms in total. The first-order valence-corrected chi connectivity index (χ1v) is 7.76. The van der Waals surface area contributed by atoms with E-state index in [2.05, 4.69) is 16.3 Å². The Hall–Kier alpha value is -1.46. The van der Waals surface area contributed by atoms with Crippen LogP contribution in [0.5, 0.6) is 5.75 Å². The molecule has 0 atom stereocenters. The second-order valence-electron chi connectivity index (χ2n) is 5.57. The van der Waals surface area contributed by atoms with E-state index in [1.807, 2.05) is 30.0 Å². The van der Waals surface area contributed by atoms with Crippen molar-refractivity contribution < 1.29 is 9.53 Å². The number of ether oxygens (including phenoxy) is 1. The van der Waals surface area contributed by atoms with Crippen LogP contribution in [0.1, 0.15) is 6.92 Å². The highest BCUT2D eigenvalue weighted by Gasteiger charge is 2.31. The van der Waals surface area contributed by atoms with Gasteiger partial charge in [-0.2, -0.15) is 0 Å². The van der Waals surface area contributed by atoms with Crippen LogP contribution < -0.4 is 15.0 Å². The summed E-state index contributed by atoms with van der Waals surface area (Å²) in [5.41, 5.74) is 1.14. The number of amides is 1. The van der Waals surface area contributed by atoms with Gasteiger partial charge in [0.15, 0.2) is 0 Å². The summed E-state index contributed by atoms with van der Waals surface area (Å²) >= 11 is 0. The lowest BCUT2D eigenvalue weighted by Gasteiger charge is -2.39. The number of carbonyl (C=O) groups excluding carboxylic acids is 1. The molecule has 0 unspecified atom stereocenters. The molecule has 0 spiro atoms. The third-order valence-corrected chi connectivity index (χ3v) is 4.23. The molecule has 0 radical (unpaired) electrons. The second-order valence-corrected chi connectivity index (χ2v) is 5.57. The Balaban J connectivity index is 0.00000176. The molecule has 2 heterocycles. The Kier molecular flexibility index (Phi) is 5.91. The van der Waals surface area contributed by atoms with Gasteiger partial charge >= 0.3 is 0 Å². The Morgan fingerprint density at radius 2 is 1.91 bits per heavy atom. The molecule has 2 fully saturated rings. The average Bonchev–Trinajstić information content (AvgIpc) is 2.47. The van der Waals surface area contributed by atoms with Gasteiger partial charge in [-0.3, -0.25) is 4.79 Å². The highest BCUT2D eigenvalue weighted by atomic mass is 35.5. The van der Waals surface area contributed by atoms with Crippen molar-refractivity contribution >= 4 is 24.0 Å². The second kappa shape index (κ2) is 7.70. The van der Waals surface area contributed by atoms with Crippen LogP contribution in [0, 0.1) is 5.92 Å². The van der Waals surface area contributed by atoms with Crippen LogP contribution in [0.3, 0.4) is 0 Å². The van der Waals surface area contributed by atoms with Gasteiger partial charge < -0.3 is 19.9 Å². The molecule has 2 saturated heterocycles. The number of nitrogens with one attached hydrogen (secondary N) is 1. The van der Waals surface area contributed by atoms with Crippen molar-refractivity contribution in [1.82, 2.24) is 10.2 Å². The molecule has 0 saturated carbocycles. The maximum Gasteiger partial charge on any atom is 0.228 e. The van der Waals surface area contributed by atoms with Gasteiger partial charge in [-0.25, -0.2) is 0 Å². The molecule has 0 aliphatic carbocycles. The zero-order chi connectivity index (χ0) is 14.7. The van der Waals surface area contributed by atoms with Crippen molar-refractivity contribution in [2.45, 2.75) is 6.92 Å². The summed E-state index contributed by atoms with van der Waals surface area (Å²) in [5.74, 6) is 1.45. The van der Waals surface area contributed by atoms with Crippen LogP contribution in [0.15, 0.2) is 24.3 Å². The van der Waals surface area contributed by atoms with Crippen molar-refractivity contribution in [2.24, 2.45) is 5.92 Å². The van der Waals surface area contributed by atoms with Gasteiger partial charge in [-0.05, 0) is 19.1 Å². The summed E-state index contributed by atoms with van der Waals surface area (Å²) in [6.07, 6.45) is 0. The number of benzene rings is 1. The first-order valence-electron chi connectivity index (χ1n) is 7.76. The maximum atomic E-state index is 12.2. The van der Waals surface area contributed by atoms with Crippen molar-refractivity contribution in [2.75, 3.05) is 50.8 Å². The molecule has 2 aliphatic heterocycles. The highest BCUT2D eigenvalue weighted by Crippen LogP contribution is 2.29. The third-order valence-electron chi connectivity index (χ3n) is 4.23. The summed E-state index contributed by atoms with van der Waals surface area (Å²) in [5, 5.41) is 3.16. The summed E-state index contributed by atoms with van der Waals surface area (Å²) in [6, 6.07) is 8.14. The number of anilines is 1. The molecule has 1 aromatic rings. The fourth-order valence-electron chi connectivity index (χ4n) is 2.89. The normalized spacial score (nSPS) is 18.4. The molecular weight excluding hydrogens is 302 g/mol. The third kappa shape index (κ3) is 3.47. The fourth-order valence-corrected chi connectivity index (χ4v) is 2.89. The van der Waals surface area contributed by atoms with Gasteiger partial charge in [0.2, 0.25) is 5.91 Å². The average molecular weight is 326 g/mol. The molecular formula is C16H24ClN3O2. The Morgan fingerprint density at radius 1 is 1.23 bits per heavy atom. The van der Waals surface area contributed by atoms with Crippen molar-refractivity contribution in [3.8, 4) is 5.75 Å². The number of nitrogens with zero attached hydrogens (tertiary/aromatic N) is 2. The standard InChI is InChI=1S/C16H23N3O2.ClH/c1-2-21-15-6-4-3-5-14(15)18-7-9-19(10-8-18)16(20)13-11-17-12-13;/h3-6,13,17H,2,7-12H2,1H3;1H. The summed E-state index contributed by atoms with van der Waals surface area (Å²) in [6.45, 7) is 7.69. The van der Waals surface area contributed by atoms with Gasteiger partial charge in [0.1, 0.15) is 5.75 Å². The fraction of sp³-hybridized carbons (Fsp3) is 0.562. The summed E-state index contributed by atoms with van der Waals surface area (Å²) in [7, 11) is 0. The molecule has 122 valence electrons. The molecule has 22 heavy (non-hydrogen) atoms. The Morgan fingerprint density at radius 3 is 2.50 bits per heavy atom. The van der Waals surface area contributed by atoms with E-state index < -0.39 is 0 Å². The quantitative estimate of drug-likeness (QED) is 0.908. The van der Waals surface area contributed by atoms with Crippen LogP contribution in [-0.4, -0.2) is 56.7 Å². The lowest BCUT2D eigenvalue weighted by molar-refractivity contribution is -0.137. The topological polar surface area (TPSA) is 44.8 Å². The minimum absolute atomic E-state index is 0. The van der Waals surface area contributed by atoms with Gasteiger partial charge in [-0.1, -0.05) is 12.1 Å². The van der Waals surface area contributed by atoms with E-state index in [0.717, 1.165) is 50.7 Å².